The van der Waals surface area contributed by atoms with Crippen LogP contribution in [0.2, 0.25) is 0 Å². The Hall–Kier alpha value is -1.08. The monoisotopic (exact) mass is 279 g/mol. The summed E-state index contributed by atoms with van der Waals surface area (Å²) in [6.07, 6.45) is 5.50. The predicted molar refractivity (Wildman–Crippen MR) is 81.1 cm³/mol. The van der Waals surface area contributed by atoms with Crippen LogP contribution in [0.1, 0.15) is 52.4 Å². The third-order valence-electron chi connectivity index (χ3n) is 4.03. The normalized spacial score (nSPS) is 19.6. The van der Waals surface area contributed by atoms with Crippen molar-refractivity contribution in [3.8, 4) is 6.07 Å². The van der Waals surface area contributed by atoms with Crippen LogP contribution in [0.5, 0.6) is 0 Å². The molecule has 0 spiro atoms. The Kier molecular flexibility index (Phi) is 6.48. The minimum absolute atomic E-state index is 0.0489. The van der Waals surface area contributed by atoms with E-state index in [1.165, 1.54) is 0 Å². The van der Waals surface area contributed by atoms with E-state index in [4.69, 9.17) is 0 Å². The summed E-state index contributed by atoms with van der Waals surface area (Å²) >= 11 is 0. The number of nitrogens with zero attached hydrogens (tertiary/aromatic N) is 2. The molecule has 1 atom stereocenters. The molecule has 0 aromatic carbocycles. The summed E-state index contributed by atoms with van der Waals surface area (Å²) < 4.78 is 0. The Balaban J connectivity index is 2.70. The highest BCUT2D eigenvalue weighted by molar-refractivity contribution is 5.85. The van der Waals surface area contributed by atoms with Gasteiger partial charge in [-0.2, -0.15) is 5.26 Å². The Morgan fingerprint density at radius 2 is 1.90 bits per heavy atom. The lowest BCUT2D eigenvalue weighted by atomic mass is 9.74. The summed E-state index contributed by atoms with van der Waals surface area (Å²) in [7, 11) is 4.03. The number of carbonyl (C=O) groups is 1. The number of amides is 1. The van der Waals surface area contributed by atoms with Gasteiger partial charge in [-0.15, -0.1) is 0 Å². The second kappa shape index (κ2) is 7.64. The predicted octanol–water partition coefficient (Wildman–Crippen LogP) is 2.55. The van der Waals surface area contributed by atoms with Crippen molar-refractivity contribution in [1.29, 1.82) is 5.26 Å². The molecule has 1 aliphatic rings. The fourth-order valence-electron chi connectivity index (χ4n) is 3.06. The highest BCUT2D eigenvalue weighted by atomic mass is 16.2. The van der Waals surface area contributed by atoms with Gasteiger partial charge in [-0.05, 0) is 39.3 Å². The van der Waals surface area contributed by atoms with Crippen molar-refractivity contribution < 1.29 is 4.79 Å². The van der Waals surface area contributed by atoms with E-state index in [0.717, 1.165) is 32.2 Å². The van der Waals surface area contributed by atoms with Gasteiger partial charge in [0.15, 0.2) is 0 Å². The summed E-state index contributed by atoms with van der Waals surface area (Å²) in [5.74, 6) is 0.483. The molecule has 4 nitrogen and oxygen atoms in total. The van der Waals surface area contributed by atoms with Crippen molar-refractivity contribution in [1.82, 2.24) is 10.2 Å². The third-order valence-corrected chi connectivity index (χ3v) is 4.03. The zero-order valence-corrected chi connectivity index (χ0v) is 13.4. The van der Waals surface area contributed by atoms with E-state index in [1.54, 1.807) is 0 Å². The SMILES string of the molecule is CC(C)CC(CN(C)C)NC(=O)C1(C#N)CCCCC1. The number of nitrogens with one attached hydrogen (secondary N) is 1. The maximum atomic E-state index is 12.6. The van der Waals surface area contributed by atoms with Crippen molar-refractivity contribution in [2.75, 3.05) is 20.6 Å². The molecule has 0 aliphatic heterocycles. The third kappa shape index (κ3) is 4.79. The van der Waals surface area contributed by atoms with Crippen molar-refractivity contribution in [3.05, 3.63) is 0 Å². The van der Waals surface area contributed by atoms with Gasteiger partial charge in [0, 0.05) is 12.6 Å². The zero-order valence-electron chi connectivity index (χ0n) is 13.4. The smallest absolute Gasteiger partial charge is 0.240 e. The lowest BCUT2D eigenvalue weighted by molar-refractivity contribution is -0.130. The van der Waals surface area contributed by atoms with Crippen LogP contribution in [0.25, 0.3) is 0 Å². The lowest BCUT2D eigenvalue weighted by Gasteiger charge is -2.32. The summed E-state index contributed by atoms with van der Waals surface area (Å²) in [5, 5.41) is 12.6. The van der Waals surface area contributed by atoms with Crippen LogP contribution in [0, 0.1) is 22.7 Å². The first-order valence-electron chi connectivity index (χ1n) is 7.76. The molecule has 20 heavy (non-hydrogen) atoms. The summed E-state index contributed by atoms with van der Waals surface area (Å²) in [4.78, 5) is 14.7. The molecule has 0 aromatic rings. The second-order valence-electron chi connectivity index (χ2n) is 6.82. The molecular weight excluding hydrogens is 250 g/mol. The largest absolute Gasteiger partial charge is 0.351 e. The first-order valence-corrected chi connectivity index (χ1v) is 7.76. The topological polar surface area (TPSA) is 56.1 Å². The average molecular weight is 279 g/mol. The molecule has 114 valence electrons. The number of hydrogen-bond donors (Lipinski definition) is 1. The quantitative estimate of drug-likeness (QED) is 0.813. The van der Waals surface area contributed by atoms with Crippen LogP contribution in [-0.2, 0) is 4.79 Å². The molecule has 4 heteroatoms. The molecule has 0 radical (unpaired) electrons. The fourth-order valence-corrected chi connectivity index (χ4v) is 3.06. The van der Waals surface area contributed by atoms with Crippen molar-refractivity contribution in [2.45, 2.75) is 58.4 Å². The van der Waals surface area contributed by atoms with Gasteiger partial charge in [0.25, 0.3) is 0 Å². The summed E-state index contributed by atoms with van der Waals surface area (Å²) in [5.41, 5.74) is -0.778. The first kappa shape index (κ1) is 17.0. The van der Waals surface area contributed by atoms with Crippen LogP contribution >= 0.6 is 0 Å². The summed E-state index contributed by atoms with van der Waals surface area (Å²) in [6, 6.07) is 2.43. The van der Waals surface area contributed by atoms with E-state index in [2.05, 4.69) is 30.1 Å². The fraction of sp³-hybridized carbons (Fsp3) is 0.875. The van der Waals surface area contributed by atoms with Gasteiger partial charge < -0.3 is 10.2 Å². The van der Waals surface area contributed by atoms with E-state index in [1.807, 2.05) is 14.1 Å². The molecule has 0 saturated heterocycles. The Morgan fingerprint density at radius 1 is 1.30 bits per heavy atom. The van der Waals surface area contributed by atoms with Crippen LogP contribution in [0.3, 0.4) is 0 Å². The van der Waals surface area contributed by atoms with Crippen molar-refractivity contribution in [2.24, 2.45) is 11.3 Å². The molecule has 1 unspecified atom stereocenters. The molecule has 1 saturated carbocycles. The van der Waals surface area contributed by atoms with Crippen molar-refractivity contribution in [3.63, 3.8) is 0 Å². The molecule has 1 rings (SSSR count). The number of nitriles is 1. The van der Waals surface area contributed by atoms with Crippen LogP contribution in [-0.4, -0.2) is 37.5 Å². The molecule has 0 bridgehead atoms. The minimum atomic E-state index is -0.778. The van der Waals surface area contributed by atoms with Crippen LogP contribution < -0.4 is 5.32 Å². The number of hydrogen-bond acceptors (Lipinski definition) is 3. The molecule has 0 heterocycles. The molecule has 1 aliphatic carbocycles. The Morgan fingerprint density at radius 3 is 2.35 bits per heavy atom. The van der Waals surface area contributed by atoms with E-state index >= 15 is 0 Å². The molecule has 1 amide bonds. The molecule has 1 N–H and O–H groups in total. The van der Waals surface area contributed by atoms with Gasteiger partial charge in [-0.25, -0.2) is 0 Å². The minimum Gasteiger partial charge on any atom is -0.351 e. The van der Waals surface area contributed by atoms with Gasteiger partial charge in [0.1, 0.15) is 5.41 Å². The van der Waals surface area contributed by atoms with E-state index in [9.17, 15) is 10.1 Å². The van der Waals surface area contributed by atoms with E-state index in [0.29, 0.717) is 18.8 Å². The van der Waals surface area contributed by atoms with Gasteiger partial charge >= 0.3 is 0 Å². The Bertz CT molecular complexity index is 341. The highest BCUT2D eigenvalue weighted by Crippen LogP contribution is 2.36. The molecule has 0 aromatic heterocycles. The van der Waals surface area contributed by atoms with Gasteiger partial charge in [-0.1, -0.05) is 33.1 Å². The summed E-state index contributed by atoms with van der Waals surface area (Å²) in [6.45, 7) is 5.15. The van der Waals surface area contributed by atoms with Gasteiger partial charge in [0.2, 0.25) is 5.91 Å². The maximum Gasteiger partial charge on any atom is 0.240 e. The standard InChI is InChI=1S/C16H29N3O/c1-13(2)10-14(11-19(3)4)18-15(20)16(12-17)8-6-5-7-9-16/h13-14H,5-11H2,1-4H3,(H,18,20). The zero-order chi connectivity index (χ0) is 15.2. The van der Waals surface area contributed by atoms with E-state index < -0.39 is 5.41 Å². The molecule has 1 fully saturated rings. The Labute approximate surface area is 123 Å². The van der Waals surface area contributed by atoms with Gasteiger partial charge in [0.05, 0.1) is 6.07 Å². The maximum absolute atomic E-state index is 12.6. The van der Waals surface area contributed by atoms with E-state index in [-0.39, 0.29) is 11.9 Å². The number of likely N-dealkylation sites (N-methyl/N-ethyl adjacent to an activating group) is 1. The van der Waals surface area contributed by atoms with Crippen LogP contribution in [0.15, 0.2) is 0 Å². The van der Waals surface area contributed by atoms with Crippen LogP contribution in [0.4, 0.5) is 0 Å². The average Bonchev–Trinajstić information content (AvgIpc) is 2.37. The van der Waals surface area contributed by atoms with Gasteiger partial charge in [-0.3, -0.25) is 4.79 Å². The first-order chi connectivity index (χ1) is 9.39. The number of carbonyl (C=O) groups excluding carboxylic acids is 1. The van der Waals surface area contributed by atoms with Crippen molar-refractivity contribution >= 4 is 5.91 Å². The lowest BCUT2D eigenvalue weighted by Crippen LogP contribution is -2.49. The highest BCUT2D eigenvalue weighted by Gasteiger charge is 2.40. The molecular formula is C16H29N3O. The second-order valence-corrected chi connectivity index (χ2v) is 6.82. The number of rotatable bonds is 6.